The van der Waals surface area contributed by atoms with Crippen molar-refractivity contribution < 1.29 is 4.79 Å². The van der Waals surface area contributed by atoms with Crippen LogP contribution in [0, 0.1) is 5.92 Å². The van der Waals surface area contributed by atoms with Crippen LogP contribution in [0.4, 0.5) is 10.5 Å². The zero-order valence-corrected chi connectivity index (χ0v) is 15.9. The van der Waals surface area contributed by atoms with E-state index < -0.39 is 0 Å². The quantitative estimate of drug-likeness (QED) is 0.844. The van der Waals surface area contributed by atoms with Crippen LogP contribution in [0.1, 0.15) is 39.0 Å². The Kier molecular flexibility index (Phi) is 4.33. The largest absolute Gasteiger partial charge is 0.335 e. The summed E-state index contributed by atoms with van der Waals surface area (Å²) >= 11 is 3.54. The molecule has 5 heteroatoms. The number of benzene rings is 1. The first-order chi connectivity index (χ1) is 11.6. The molecule has 2 heterocycles. The molecule has 4 rings (SSSR count). The number of anilines is 1. The average molecular weight is 392 g/mol. The highest BCUT2D eigenvalue weighted by atomic mass is 79.9. The Morgan fingerprint density at radius 3 is 2.88 bits per heavy atom. The molecule has 0 unspecified atom stereocenters. The zero-order valence-electron chi connectivity index (χ0n) is 14.3. The van der Waals surface area contributed by atoms with Gasteiger partial charge in [-0.2, -0.15) is 0 Å². The minimum absolute atomic E-state index is 0.0488. The first-order valence-corrected chi connectivity index (χ1v) is 9.94. The molecule has 130 valence electrons. The van der Waals surface area contributed by atoms with E-state index in [2.05, 4.69) is 39.1 Å². The predicted octanol–water partition coefficient (Wildman–Crippen LogP) is 4.00. The van der Waals surface area contributed by atoms with Gasteiger partial charge in [0, 0.05) is 35.8 Å². The summed E-state index contributed by atoms with van der Waals surface area (Å²) in [6, 6.07) is 8.69. The van der Waals surface area contributed by atoms with Crippen LogP contribution >= 0.6 is 15.9 Å². The van der Waals surface area contributed by atoms with Gasteiger partial charge in [-0.15, -0.1) is 0 Å². The van der Waals surface area contributed by atoms with Gasteiger partial charge in [-0.05, 0) is 56.7 Å². The number of carbonyl (C=O) groups is 1. The summed E-state index contributed by atoms with van der Waals surface area (Å²) in [5.74, 6) is 0.908. The number of nitrogens with zero attached hydrogens (tertiary/aromatic N) is 2. The summed E-state index contributed by atoms with van der Waals surface area (Å²) in [5, 5.41) is 3.10. The van der Waals surface area contributed by atoms with Crippen molar-refractivity contribution >= 4 is 27.6 Å². The molecule has 1 saturated carbocycles. The van der Waals surface area contributed by atoms with E-state index in [9.17, 15) is 4.79 Å². The summed E-state index contributed by atoms with van der Waals surface area (Å²) in [5.41, 5.74) is 0.923. The van der Waals surface area contributed by atoms with E-state index in [-0.39, 0.29) is 11.6 Å². The maximum atomic E-state index is 12.6. The predicted molar refractivity (Wildman–Crippen MR) is 100 cm³/mol. The molecule has 24 heavy (non-hydrogen) atoms. The average Bonchev–Trinajstić information content (AvgIpc) is 2.81. The number of urea groups is 1. The monoisotopic (exact) mass is 391 g/mol. The number of nitrogens with one attached hydrogen (secondary N) is 1. The third-order valence-electron chi connectivity index (χ3n) is 6.19. The smallest absolute Gasteiger partial charge is 0.322 e. The summed E-state index contributed by atoms with van der Waals surface area (Å²) in [7, 11) is 0. The second-order valence-electron chi connectivity index (χ2n) is 7.79. The summed E-state index contributed by atoms with van der Waals surface area (Å²) in [6.45, 7) is 5.44. The maximum Gasteiger partial charge on any atom is 0.322 e. The third kappa shape index (κ3) is 2.86. The van der Waals surface area contributed by atoms with Crippen molar-refractivity contribution in [1.82, 2.24) is 10.2 Å². The summed E-state index contributed by atoms with van der Waals surface area (Å²) in [4.78, 5) is 17.2. The van der Waals surface area contributed by atoms with E-state index >= 15 is 0 Å². The second-order valence-corrected chi connectivity index (χ2v) is 8.71. The van der Waals surface area contributed by atoms with Crippen molar-refractivity contribution in [3.63, 3.8) is 0 Å². The molecule has 0 bridgehead atoms. The molecule has 1 aromatic carbocycles. The van der Waals surface area contributed by atoms with Crippen molar-refractivity contribution in [3.8, 4) is 0 Å². The molecule has 1 aromatic rings. The Hall–Kier alpha value is -1.07. The lowest BCUT2D eigenvalue weighted by molar-refractivity contribution is 0.0779. The van der Waals surface area contributed by atoms with Gasteiger partial charge in [0.15, 0.2) is 0 Å². The first kappa shape index (κ1) is 16.4. The highest BCUT2D eigenvalue weighted by Gasteiger charge is 2.49. The van der Waals surface area contributed by atoms with Crippen LogP contribution in [0.2, 0.25) is 0 Å². The number of halogens is 1. The number of rotatable bonds is 3. The molecule has 2 atom stereocenters. The molecule has 3 aliphatic rings. The molecule has 2 aliphatic heterocycles. The Morgan fingerprint density at radius 2 is 2.21 bits per heavy atom. The van der Waals surface area contributed by atoms with Gasteiger partial charge in [-0.1, -0.05) is 28.4 Å². The number of amides is 2. The molecule has 1 aliphatic carbocycles. The summed E-state index contributed by atoms with van der Waals surface area (Å²) < 4.78 is 1.02. The van der Waals surface area contributed by atoms with Crippen molar-refractivity contribution in [2.24, 2.45) is 5.92 Å². The van der Waals surface area contributed by atoms with E-state index in [1.54, 1.807) is 0 Å². The lowest BCUT2D eigenvalue weighted by Gasteiger charge is -2.48. The molecule has 2 saturated heterocycles. The van der Waals surface area contributed by atoms with Crippen LogP contribution < -0.4 is 10.2 Å². The second kappa shape index (κ2) is 6.34. The molecule has 0 aromatic heterocycles. The minimum atomic E-state index is -0.0760. The highest BCUT2D eigenvalue weighted by molar-refractivity contribution is 9.10. The van der Waals surface area contributed by atoms with Crippen LogP contribution in [-0.2, 0) is 0 Å². The van der Waals surface area contributed by atoms with Crippen molar-refractivity contribution in [2.75, 3.05) is 24.5 Å². The number of likely N-dealkylation sites (tertiary alicyclic amines) is 1. The van der Waals surface area contributed by atoms with Gasteiger partial charge in [0.2, 0.25) is 0 Å². The fourth-order valence-electron chi connectivity index (χ4n) is 4.62. The van der Waals surface area contributed by atoms with Crippen LogP contribution in [0.5, 0.6) is 0 Å². The normalized spacial score (nSPS) is 31.3. The number of carbonyl (C=O) groups excluding carboxylic acids is 1. The van der Waals surface area contributed by atoms with Gasteiger partial charge in [-0.3, -0.25) is 4.90 Å². The van der Waals surface area contributed by atoms with Crippen LogP contribution in [-0.4, -0.2) is 42.1 Å². The Bertz CT molecular complexity index is 633. The topological polar surface area (TPSA) is 35.6 Å². The fraction of sp³-hybridized carbons (Fsp3) is 0.632. The number of piperidine rings is 1. The number of hydrogen-bond acceptors (Lipinski definition) is 2. The Balaban J connectivity index is 1.54. The van der Waals surface area contributed by atoms with Crippen LogP contribution in [0.3, 0.4) is 0 Å². The fourth-order valence-corrected chi connectivity index (χ4v) is 5.00. The van der Waals surface area contributed by atoms with Crippen LogP contribution in [0.15, 0.2) is 28.7 Å². The number of hydrogen-bond donors (Lipinski definition) is 1. The lowest BCUT2D eigenvalue weighted by Crippen LogP contribution is -2.58. The van der Waals surface area contributed by atoms with Gasteiger partial charge >= 0.3 is 6.03 Å². The van der Waals surface area contributed by atoms with Crippen molar-refractivity contribution in [2.45, 2.75) is 50.6 Å². The molecule has 1 spiro atoms. The van der Waals surface area contributed by atoms with E-state index in [0.29, 0.717) is 6.04 Å². The van der Waals surface area contributed by atoms with Crippen molar-refractivity contribution in [3.05, 3.63) is 28.7 Å². The lowest BCUT2D eigenvalue weighted by atomic mass is 9.80. The zero-order chi connectivity index (χ0) is 16.7. The molecule has 1 N–H and O–H groups in total. The first-order valence-electron chi connectivity index (χ1n) is 9.15. The Morgan fingerprint density at radius 1 is 1.38 bits per heavy atom. The summed E-state index contributed by atoms with van der Waals surface area (Å²) in [6.07, 6.45) is 6.31. The van der Waals surface area contributed by atoms with Gasteiger partial charge < -0.3 is 10.2 Å². The molecule has 2 amide bonds. The molecular formula is C19H26BrN3O. The van der Waals surface area contributed by atoms with Crippen molar-refractivity contribution in [1.29, 1.82) is 0 Å². The van der Waals surface area contributed by atoms with Gasteiger partial charge in [0.1, 0.15) is 0 Å². The highest BCUT2D eigenvalue weighted by Crippen LogP contribution is 2.40. The van der Waals surface area contributed by atoms with Gasteiger partial charge in [0.05, 0.1) is 5.54 Å². The molecule has 4 nitrogen and oxygen atoms in total. The maximum absolute atomic E-state index is 12.6. The Labute approximate surface area is 152 Å². The molecule has 3 fully saturated rings. The standard InChI is InChI=1S/C19H26BrN3O/c1-14-11-19(8-9-22(14)12-15-4-2-5-15)13-21-18(24)23(19)17-7-3-6-16(20)10-17/h3,6-7,10,14-15H,2,4-5,8-9,11-13H2,1H3,(H,21,24)/t14-,19+/m0/s1. The SMILES string of the molecule is C[C@H]1C[C@]2(CCN1CC1CCC1)CNC(=O)N2c1cccc(Br)c1. The van der Waals surface area contributed by atoms with Crippen LogP contribution in [0.25, 0.3) is 0 Å². The van der Waals surface area contributed by atoms with E-state index in [1.807, 2.05) is 23.1 Å². The molecule has 0 radical (unpaired) electrons. The molecular weight excluding hydrogens is 366 g/mol. The third-order valence-corrected chi connectivity index (χ3v) is 6.69. The van der Waals surface area contributed by atoms with Gasteiger partial charge in [0.25, 0.3) is 0 Å². The van der Waals surface area contributed by atoms with E-state index in [1.165, 1.54) is 25.8 Å². The van der Waals surface area contributed by atoms with E-state index in [0.717, 1.165) is 42.0 Å². The van der Waals surface area contributed by atoms with E-state index in [4.69, 9.17) is 0 Å². The van der Waals surface area contributed by atoms with Gasteiger partial charge in [-0.25, -0.2) is 4.79 Å². The minimum Gasteiger partial charge on any atom is -0.335 e.